The van der Waals surface area contributed by atoms with Crippen molar-refractivity contribution >= 4 is 43.6 Å². The number of hydrogen-bond acceptors (Lipinski definition) is 3. The van der Waals surface area contributed by atoms with E-state index >= 15 is 0 Å². The van der Waals surface area contributed by atoms with Crippen molar-refractivity contribution in [3.05, 3.63) is 224 Å². The molecule has 9 aromatic carbocycles. The molecule has 12 aromatic rings. The average molecular weight is 797 g/mol. The van der Waals surface area contributed by atoms with Gasteiger partial charge in [-0.15, -0.1) is 0 Å². The highest BCUT2D eigenvalue weighted by atomic mass is 15.0. The van der Waals surface area contributed by atoms with Gasteiger partial charge in [0.15, 0.2) is 17.5 Å². The molecule has 0 spiro atoms. The molecule has 0 bridgehead atoms. The van der Waals surface area contributed by atoms with Crippen molar-refractivity contribution in [2.45, 2.75) is 0 Å². The molecule has 12 rings (SSSR count). The first-order chi connectivity index (χ1) is 32.8. The second-order valence-corrected chi connectivity index (χ2v) is 15.3. The van der Waals surface area contributed by atoms with Crippen LogP contribution < -0.4 is 0 Å². The number of para-hydroxylation sites is 3. The highest BCUT2D eigenvalue weighted by Gasteiger charge is 2.20. The molecule has 0 saturated heterocycles. The fraction of sp³-hybridized carbons (Fsp3) is 0. The molecule has 0 unspecified atom stereocenters. The standard InChI is InChI=1S/C57H37N5/c1-4-16-38(17-5-1)39-28-30-42(31-29-39)56-58-55(41-20-8-3-9-21-41)59-57(60-56)50-36-43(32-34-45(50)40-18-6-2-7-19-40)62-53-27-15-12-24-48(53)49-35-33-44(37-54(49)62)61-51-25-13-10-22-46(51)47-23-11-14-26-52(47)61/h1-37H/i3D,8D,9D,20D,21D. The summed E-state index contributed by atoms with van der Waals surface area (Å²) in [5.41, 5.74) is 11.2. The van der Waals surface area contributed by atoms with Crippen molar-refractivity contribution in [3.63, 3.8) is 0 Å². The van der Waals surface area contributed by atoms with E-state index in [-0.39, 0.29) is 17.2 Å². The Kier molecular flexibility index (Phi) is 7.25. The zero-order valence-electron chi connectivity index (χ0n) is 38.2. The van der Waals surface area contributed by atoms with E-state index in [1.807, 2.05) is 84.9 Å². The van der Waals surface area contributed by atoms with Crippen molar-refractivity contribution in [1.29, 1.82) is 0 Å². The average Bonchev–Trinajstić information content (AvgIpc) is 3.90. The second-order valence-electron chi connectivity index (χ2n) is 15.3. The molecule has 0 fully saturated rings. The maximum absolute atomic E-state index is 8.99. The molecule has 0 N–H and O–H groups in total. The summed E-state index contributed by atoms with van der Waals surface area (Å²) in [4.78, 5) is 15.1. The zero-order chi connectivity index (χ0) is 45.3. The predicted molar refractivity (Wildman–Crippen MR) is 256 cm³/mol. The van der Waals surface area contributed by atoms with Gasteiger partial charge < -0.3 is 9.13 Å². The Hall–Kier alpha value is -8.41. The maximum Gasteiger partial charge on any atom is 0.164 e. The summed E-state index contributed by atoms with van der Waals surface area (Å²) in [5, 5.41) is 4.57. The van der Waals surface area contributed by atoms with Crippen molar-refractivity contribution < 1.29 is 6.85 Å². The topological polar surface area (TPSA) is 48.5 Å². The highest BCUT2D eigenvalue weighted by Crippen LogP contribution is 2.40. The lowest BCUT2D eigenvalue weighted by molar-refractivity contribution is 1.07. The van der Waals surface area contributed by atoms with E-state index in [0.717, 1.165) is 66.5 Å². The van der Waals surface area contributed by atoms with Gasteiger partial charge in [-0.3, -0.25) is 0 Å². The quantitative estimate of drug-likeness (QED) is 0.161. The van der Waals surface area contributed by atoms with Crippen LogP contribution in [0, 0.1) is 0 Å². The van der Waals surface area contributed by atoms with Crippen molar-refractivity contribution in [1.82, 2.24) is 24.1 Å². The molecule has 0 saturated carbocycles. The van der Waals surface area contributed by atoms with E-state index in [1.54, 1.807) is 0 Å². The molecule has 62 heavy (non-hydrogen) atoms. The molecule has 0 amide bonds. The fourth-order valence-corrected chi connectivity index (χ4v) is 8.84. The summed E-state index contributed by atoms with van der Waals surface area (Å²) in [5.74, 6) is 0.552. The van der Waals surface area contributed by atoms with Crippen LogP contribution in [0.2, 0.25) is 0 Å². The third-order valence-electron chi connectivity index (χ3n) is 11.7. The van der Waals surface area contributed by atoms with Crippen molar-refractivity contribution in [2.24, 2.45) is 0 Å². The second kappa shape index (κ2) is 14.7. The van der Waals surface area contributed by atoms with Crippen LogP contribution in [0.25, 0.3) is 111 Å². The van der Waals surface area contributed by atoms with Gasteiger partial charge in [0.25, 0.3) is 0 Å². The summed E-state index contributed by atoms with van der Waals surface area (Å²) in [7, 11) is 0. The van der Waals surface area contributed by atoms with Gasteiger partial charge in [0.1, 0.15) is 0 Å². The Morgan fingerprint density at radius 1 is 0.306 bits per heavy atom. The van der Waals surface area contributed by atoms with Gasteiger partial charge in [0, 0.05) is 49.6 Å². The van der Waals surface area contributed by atoms with Crippen LogP contribution in [0.15, 0.2) is 224 Å². The van der Waals surface area contributed by atoms with Crippen LogP contribution in [-0.4, -0.2) is 24.1 Å². The molecule has 0 atom stereocenters. The molecule has 0 aliphatic heterocycles. The summed E-state index contributed by atoms with van der Waals surface area (Å²) in [6.45, 7) is 0. The van der Waals surface area contributed by atoms with Gasteiger partial charge in [-0.25, -0.2) is 15.0 Å². The van der Waals surface area contributed by atoms with Crippen LogP contribution in [0.4, 0.5) is 0 Å². The van der Waals surface area contributed by atoms with Crippen molar-refractivity contribution in [2.75, 3.05) is 0 Å². The summed E-state index contributed by atoms with van der Waals surface area (Å²) < 4.78 is 48.1. The third-order valence-corrected chi connectivity index (χ3v) is 11.7. The lowest BCUT2D eigenvalue weighted by Gasteiger charge is -2.16. The van der Waals surface area contributed by atoms with E-state index in [0.29, 0.717) is 17.0 Å². The minimum absolute atomic E-state index is 0.0266. The zero-order valence-corrected chi connectivity index (χ0v) is 33.2. The van der Waals surface area contributed by atoms with Crippen LogP contribution >= 0.6 is 0 Å². The Morgan fingerprint density at radius 2 is 0.758 bits per heavy atom. The van der Waals surface area contributed by atoms with E-state index in [1.165, 1.54) is 10.8 Å². The summed E-state index contributed by atoms with van der Waals surface area (Å²) >= 11 is 0. The maximum atomic E-state index is 8.99. The van der Waals surface area contributed by atoms with Gasteiger partial charge in [-0.1, -0.05) is 182 Å². The summed E-state index contributed by atoms with van der Waals surface area (Å²) in [6.07, 6.45) is 0. The van der Waals surface area contributed by atoms with Gasteiger partial charge in [0.05, 0.1) is 28.9 Å². The van der Waals surface area contributed by atoms with Crippen LogP contribution in [0.3, 0.4) is 0 Å². The number of nitrogens with zero attached hydrogens (tertiary/aromatic N) is 5. The van der Waals surface area contributed by atoms with Crippen LogP contribution in [0.5, 0.6) is 0 Å². The Bertz CT molecular complexity index is 3840. The minimum atomic E-state index is -0.490. The first kappa shape index (κ1) is 30.6. The van der Waals surface area contributed by atoms with Gasteiger partial charge >= 0.3 is 0 Å². The first-order valence-corrected chi connectivity index (χ1v) is 20.5. The molecule has 0 aliphatic rings. The monoisotopic (exact) mass is 796 g/mol. The lowest BCUT2D eigenvalue weighted by Crippen LogP contribution is -2.02. The molecule has 5 nitrogen and oxygen atoms in total. The third kappa shape index (κ3) is 5.98. The van der Waals surface area contributed by atoms with E-state index in [9.17, 15) is 0 Å². The SMILES string of the molecule is [2H]c1c([2H])c([2H])c(-c2nc(-c3ccc(-c4ccccc4)cc3)nc(-c3cc(-n4c5ccccc5c5ccc(-n6c7ccccc7c7ccccc76)cc54)ccc3-c3ccccc3)n2)c([2H])c1[2H]. The minimum Gasteiger partial charge on any atom is -0.309 e. The van der Waals surface area contributed by atoms with Gasteiger partial charge in [0.2, 0.25) is 0 Å². The molecular weight excluding hydrogens is 755 g/mol. The van der Waals surface area contributed by atoms with E-state index < -0.39 is 30.2 Å². The first-order valence-electron chi connectivity index (χ1n) is 23.0. The fourth-order valence-electron chi connectivity index (χ4n) is 8.84. The van der Waals surface area contributed by atoms with E-state index in [4.69, 9.17) is 21.8 Å². The molecule has 290 valence electrons. The van der Waals surface area contributed by atoms with E-state index in [2.05, 4.69) is 118 Å². The van der Waals surface area contributed by atoms with Crippen LogP contribution in [0.1, 0.15) is 6.85 Å². The Labute approximate surface area is 365 Å². The number of hydrogen-bond donors (Lipinski definition) is 0. The molecule has 0 aliphatic carbocycles. The molecule has 3 aromatic heterocycles. The molecule has 5 heteroatoms. The van der Waals surface area contributed by atoms with Gasteiger partial charge in [-0.2, -0.15) is 0 Å². The summed E-state index contributed by atoms with van der Waals surface area (Å²) in [6, 6.07) is 64.2. The normalized spacial score (nSPS) is 12.7. The molecule has 3 heterocycles. The highest BCUT2D eigenvalue weighted by molar-refractivity contribution is 6.12. The van der Waals surface area contributed by atoms with Crippen LogP contribution in [-0.2, 0) is 0 Å². The number of benzene rings is 9. The smallest absolute Gasteiger partial charge is 0.164 e. The number of fused-ring (bicyclic) bond motifs is 6. The van der Waals surface area contributed by atoms with Gasteiger partial charge in [-0.05, 0) is 64.7 Å². The Morgan fingerprint density at radius 3 is 1.39 bits per heavy atom. The Balaban J connectivity index is 1.12. The predicted octanol–water partition coefficient (Wildman–Crippen LogP) is 14.4. The molecular formula is C57H37N5. The number of aromatic nitrogens is 5. The lowest BCUT2D eigenvalue weighted by atomic mass is 9.98. The number of rotatable bonds is 7. The molecule has 0 radical (unpaired) electrons. The van der Waals surface area contributed by atoms with Crippen molar-refractivity contribution in [3.8, 4) is 67.8 Å². The largest absolute Gasteiger partial charge is 0.309 e.